The normalized spacial score (nSPS) is 17.6. The Hall–Kier alpha value is -2.93. The van der Waals surface area contributed by atoms with Gasteiger partial charge in [-0.05, 0) is 67.6 Å². The molecule has 6 nitrogen and oxygen atoms in total. The number of carbonyl (C=O) groups is 1. The summed E-state index contributed by atoms with van der Waals surface area (Å²) in [4.78, 5) is 12.9. The van der Waals surface area contributed by atoms with Gasteiger partial charge in [0.05, 0.1) is 23.2 Å². The molecule has 4 rings (SSSR count). The van der Waals surface area contributed by atoms with Crippen molar-refractivity contribution in [3.05, 3.63) is 70.9 Å². The number of nitrogens with zero attached hydrogens (tertiary/aromatic N) is 2. The number of hydrogen-bond acceptors (Lipinski definition) is 4. The van der Waals surface area contributed by atoms with Crippen molar-refractivity contribution in [2.75, 3.05) is 16.8 Å². The molecule has 1 aliphatic heterocycles. The Bertz CT molecular complexity index is 1230. The van der Waals surface area contributed by atoms with Gasteiger partial charge in [0.1, 0.15) is 0 Å². The second-order valence-corrected chi connectivity index (χ2v) is 10.4. The Kier molecular flexibility index (Phi) is 5.71. The number of rotatable bonds is 5. The van der Waals surface area contributed by atoms with Crippen LogP contribution < -0.4 is 5.32 Å². The van der Waals surface area contributed by atoms with Gasteiger partial charge < -0.3 is 5.32 Å². The van der Waals surface area contributed by atoms with Crippen LogP contribution in [-0.2, 0) is 16.3 Å². The van der Waals surface area contributed by atoms with Crippen molar-refractivity contribution in [3.8, 4) is 11.3 Å². The standard InChI is InChI=1S/C24H27N3O3S/c1-4-18-6-9-20(10-7-18)25-24(28)22-14-23(19-8-5-16(2)17(3)13-19)27(26-22)21-11-12-31(29,30)15-21/h5-10,13-14,21H,4,11-12,15H2,1-3H3,(H,25,28). The van der Waals surface area contributed by atoms with Gasteiger partial charge in [0.2, 0.25) is 0 Å². The van der Waals surface area contributed by atoms with E-state index in [1.54, 1.807) is 10.7 Å². The topological polar surface area (TPSA) is 81.1 Å². The maximum atomic E-state index is 12.9. The van der Waals surface area contributed by atoms with E-state index >= 15 is 0 Å². The summed E-state index contributed by atoms with van der Waals surface area (Å²) in [5.41, 5.74) is 6.16. The molecule has 0 radical (unpaired) electrons. The molecule has 1 unspecified atom stereocenters. The lowest BCUT2D eigenvalue weighted by Gasteiger charge is -2.14. The minimum atomic E-state index is -3.09. The van der Waals surface area contributed by atoms with Gasteiger partial charge in [-0.3, -0.25) is 9.48 Å². The average molecular weight is 438 g/mol. The number of aryl methyl sites for hydroxylation is 3. The summed E-state index contributed by atoms with van der Waals surface area (Å²) in [5.74, 6) is -0.115. The van der Waals surface area contributed by atoms with Gasteiger partial charge in [0.25, 0.3) is 5.91 Å². The van der Waals surface area contributed by atoms with Gasteiger partial charge in [-0.25, -0.2) is 8.42 Å². The van der Waals surface area contributed by atoms with E-state index in [1.165, 1.54) is 11.1 Å². The van der Waals surface area contributed by atoms with Crippen molar-refractivity contribution in [1.82, 2.24) is 9.78 Å². The molecule has 162 valence electrons. The van der Waals surface area contributed by atoms with Gasteiger partial charge in [0.15, 0.2) is 15.5 Å². The van der Waals surface area contributed by atoms with E-state index in [0.717, 1.165) is 23.2 Å². The number of sulfone groups is 1. The van der Waals surface area contributed by atoms with Gasteiger partial charge in [-0.2, -0.15) is 5.10 Å². The summed E-state index contributed by atoms with van der Waals surface area (Å²) in [5, 5.41) is 7.45. The molecule has 1 aromatic heterocycles. The quantitative estimate of drug-likeness (QED) is 0.644. The summed E-state index contributed by atoms with van der Waals surface area (Å²) in [6.45, 7) is 6.16. The second-order valence-electron chi connectivity index (χ2n) is 8.22. The highest BCUT2D eigenvalue weighted by Crippen LogP contribution is 2.31. The third-order valence-corrected chi connectivity index (χ3v) is 7.70. The fourth-order valence-electron chi connectivity index (χ4n) is 3.89. The summed E-state index contributed by atoms with van der Waals surface area (Å²) in [6, 6.07) is 15.3. The van der Waals surface area contributed by atoms with E-state index in [0.29, 0.717) is 12.1 Å². The van der Waals surface area contributed by atoms with Crippen molar-refractivity contribution < 1.29 is 13.2 Å². The minimum absolute atomic E-state index is 0.0477. The van der Waals surface area contributed by atoms with Crippen molar-refractivity contribution in [2.24, 2.45) is 0 Å². The van der Waals surface area contributed by atoms with E-state index in [4.69, 9.17) is 0 Å². The molecule has 1 atom stereocenters. The molecule has 1 fully saturated rings. The molecule has 2 aromatic carbocycles. The summed E-state index contributed by atoms with van der Waals surface area (Å²) < 4.78 is 25.9. The fraction of sp³-hybridized carbons (Fsp3) is 0.333. The van der Waals surface area contributed by atoms with Crippen LogP contribution in [0.2, 0.25) is 0 Å². The van der Waals surface area contributed by atoms with E-state index in [1.807, 2.05) is 50.2 Å². The summed E-state index contributed by atoms with van der Waals surface area (Å²) in [7, 11) is -3.09. The van der Waals surface area contributed by atoms with Crippen molar-refractivity contribution >= 4 is 21.4 Å². The van der Waals surface area contributed by atoms with Gasteiger partial charge in [0, 0.05) is 11.3 Å². The molecule has 0 spiro atoms. The number of amides is 1. The Balaban J connectivity index is 1.69. The monoisotopic (exact) mass is 437 g/mol. The molecular formula is C24H27N3O3S. The molecule has 1 amide bonds. The predicted molar refractivity (Wildman–Crippen MR) is 123 cm³/mol. The van der Waals surface area contributed by atoms with Crippen LogP contribution in [0.3, 0.4) is 0 Å². The van der Waals surface area contributed by atoms with Crippen LogP contribution in [0.15, 0.2) is 48.5 Å². The largest absolute Gasteiger partial charge is 0.321 e. The zero-order valence-corrected chi connectivity index (χ0v) is 18.9. The molecule has 0 saturated carbocycles. The SMILES string of the molecule is CCc1ccc(NC(=O)c2cc(-c3ccc(C)c(C)c3)n(C3CCS(=O)(=O)C3)n2)cc1. The lowest BCUT2D eigenvalue weighted by atomic mass is 10.0. The summed E-state index contributed by atoms with van der Waals surface area (Å²) >= 11 is 0. The maximum Gasteiger partial charge on any atom is 0.276 e. The van der Waals surface area contributed by atoms with Gasteiger partial charge in [-0.15, -0.1) is 0 Å². The zero-order chi connectivity index (χ0) is 22.2. The Morgan fingerprint density at radius 3 is 2.45 bits per heavy atom. The molecule has 7 heteroatoms. The lowest BCUT2D eigenvalue weighted by Crippen LogP contribution is -2.16. The third-order valence-electron chi connectivity index (χ3n) is 5.95. The van der Waals surface area contributed by atoms with Crippen molar-refractivity contribution in [1.29, 1.82) is 0 Å². The maximum absolute atomic E-state index is 12.9. The van der Waals surface area contributed by atoms with E-state index in [2.05, 4.69) is 23.4 Å². The zero-order valence-electron chi connectivity index (χ0n) is 18.1. The van der Waals surface area contributed by atoms with Crippen molar-refractivity contribution in [3.63, 3.8) is 0 Å². The van der Waals surface area contributed by atoms with Crippen LogP contribution in [0.5, 0.6) is 0 Å². The molecule has 3 aromatic rings. The number of nitrogens with one attached hydrogen (secondary N) is 1. The average Bonchev–Trinajstić information content (AvgIpc) is 3.34. The van der Waals surface area contributed by atoms with Crippen LogP contribution in [0, 0.1) is 13.8 Å². The van der Waals surface area contributed by atoms with Crippen LogP contribution >= 0.6 is 0 Å². The third kappa shape index (κ3) is 4.56. The Morgan fingerprint density at radius 1 is 1.10 bits per heavy atom. The summed E-state index contributed by atoms with van der Waals surface area (Å²) in [6.07, 6.45) is 1.43. The van der Waals surface area contributed by atoms with E-state index < -0.39 is 9.84 Å². The van der Waals surface area contributed by atoms with Crippen LogP contribution in [0.25, 0.3) is 11.3 Å². The fourth-order valence-corrected chi connectivity index (χ4v) is 5.58. The van der Waals surface area contributed by atoms with E-state index in [-0.39, 0.29) is 29.1 Å². The van der Waals surface area contributed by atoms with Crippen LogP contribution in [0.4, 0.5) is 5.69 Å². The first kappa shape index (κ1) is 21.3. The minimum Gasteiger partial charge on any atom is -0.321 e. The Labute approximate surface area is 183 Å². The van der Waals surface area contributed by atoms with Crippen LogP contribution in [0.1, 0.15) is 46.6 Å². The van der Waals surface area contributed by atoms with Crippen molar-refractivity contribution in [2.45, 2.75) is 39.7 Å². The van der Waals surface area contributed by atoms with Gasteiger partial charge >= 0.3 is 0 Å². The first-order valence-electron chi connectivity index (χ1n) is 10.5. The molecule has 2 heterocycles. The highest BCUT2D eigenvalue weighted by Gasteiger charge is 2.32. The number of anilines is 1. The van der Waals surface area contributed by atoms with Gasteiger partial charge in [-0.1, -0.05) is 31.2 Å². The van der Waals surface area contributed by atoms with E-state index in [9.17, 15) is 13.2 Å². The highest BCUT2D eigenvalue weighted by atomic mass is 32.2. The molecule has 0 bridgehead atoms. The highest BCUT2D eigenvalue weighted by molar-refractivity contribution is 7.91. The molecule has 1 aliphatic rings. The number of hydrogen-bond donors (Lipinski definition) is 1. The molecule has 0 aliphatic carbocycles. The lowest BCUT2D eigenvalue weighted by molar-refractivity contribution is 0.102. The first-order chi connectivity index (χ1) is 14.8. The number of carbonyl (C=O) groups excluding carboxylic acids is 1. The molecule has 31 heavy (non-hydrogen) atoms. The second kappa shape index (κ2) is 8.30. The molecule has 1 N–H and O–H groups in total. The molecule has 1 saturated heterocycles. The first-order valence-corrected chi connectivity index (χ1v) is 12.4. The van der Waals surface area contributed by atoms with Crippen LogP contribution in [-0.4, -0.2) is 35.6 Å². The predicted octanol–water partition coefficient (Wildman–Crippen LogP) is 4.34. The molecular weight excluding hydrogens is 410 g/mol. The Morgan fingerprint density at radius 2 is 1.84 bits per heavy atom. The smallest absolute Gasteiger partial charge is 0.276 e. The number of aromatic nitrogens is 2. The number of benzene rings is 2.